The van der Waals surface area contributed by atoms with Crippen LogP contribution >= 0.6 is 0 Å². The van der Waals surface area contributed by atoms with E-state index in [0.29, 0.717) is 23.3 Å². The number of nitrogens with zero attached hydrogens (tertiary/aromatic N) is 1. The molecule has 2 aliphatic heterocycles. The van der Waals surface area contributed by atoms with Crippen LogP contribution in [-0.2, 0) is 19.5 Å². The highest BCUT2D eigenvalue weighted by molar-refractivity contribution is 6.47. The maximum Gasteiger partial charge on any atom is 0.547 e. The van der Waals surface area contributed by atoms with Crippen molar-refractivity contribution in [1.82, 2.24) is 10.2 Å². The lowest BCUT2D eigenvalue weighted by Crippen LogP contribution is -2.53. The van der Waals surface area contributed by atoms with Crippen molar-refractivity contribution in [3.8, 4) is 5.75 Å². The molecule has 0 radical (unpaired) electrons. The second kappa shape index (κ2) is 6.83. The highest BCUT2D eigenvalue weighted by atomic mass is 16.5. The molecule has 138 valence electrons. The molecular formula is C20H21BN2O4. The third-order valence-corrected chi connectivity index (χ3v) is 5.16. The van der Waals surface area contributed by atoms with Gasteiger partial charge in [-0.1, -0.05) is 18.2 Å². The summed E-state index contributed by atoms with van der Waals surface area (Å²) in [6.07, 6.45) is 0.400. The Kier molecular flexibility index (Phi) is 4.49. The van der Waals surface area contributed by atoms with Crippen LogP contribution in [0.1, 0.15) is 44.3 Å². The number of hydrogen-bond donors (Lipinski definition) is 2. The molecule has 0 saturated carbocycles. The highest BCUT2D eigenvalue weighted by Gasteiger charge is 2.37. The Morgan fingerprint density at radius 2 is 1.96 bits per heavy atom. The second-order valence-electron chi connectivity index (χ2n) is 7.30. The fraction of sp³-hybridized carbons (Fsp3) is 0.300. The molecule has 0 unspecified atom stereocenters. The van der Waals surface area contributed by atoms with E-state index >= 15 is 0 Å². The van der Waals surface area contributed by atoms with Gasteiger partial charge in [-0.3, -0.25) is 14.5 Å². The van der Waals surface area contributed by atoms with Gasteiger partial charge >= 0.3 is 7.12 Å². The van der Waals surface area contributed by atoms with Crippen LogP contribution in [0.15, 0.2) is 36.4 Å². The van der Waals surface area contributed by atoms with Crippen molar-refractivity contribution in [3.05, 3.63) is 64.2 Å². The first-order chi connectivity index (χ1) is 12.9. The molecular weight excluding hydrogens is 343 g/mol. The summed E-state index contributed by atoms with van der Waals surface area (Å²) in [4.78, 5) is 26.6. The van der Waals surface area contributed by atoms with Crippen LogP contribution in [0.4, 0.5) is 0 Å². The summed E-state index contributed by atoms with van der Waals surface area (Å²) < 4.78 is 5.58. The molecule has 2 aliphatic rings. The molecule has 2 heterocycles. The normalized spacial score (nSPS) is 18.5. The molecule has 0 aromatic heterocycles. The first-order valence-electron chi connectivity index (χ1n) is 9.01. The van der Waals surface area contributed by atoms with Crippen molar-refractivity contribution < 1.29 is 19.3 Å². The van der Waals surface area contributed by atoms with Crippen molar-refractivity contribution in [3.63, 3.8) is 0 Å². The number of hydrogen-bond acceptors (Lipinski definition) is 5. The molecule has 1 atom stereocenters. The topological polar surface area (TPSA) is 78.9 Å². The first kappa shape index (κ1) is 17.8. The number of para-hydroxylation sites is 1. The van der Waals surface area contributed by atoms with E-state index in [1.165, 1.54) is 12.5 Å². The second-order valence-corrected chi connectivity index (χ2v) is 7.30. The summed E-state index contributed by atoms with van der Waals surface area (Å²) in [5.74, 6) is -0.539. The number of benzene rings is 2. The van der Waals surface area contributed by atoms with Crippen LogP contribution < -0.4 is 9.97 Å². The van der Waals surface area contributed by atoms with Gasteiger partial charge in [-0.2, -0.15) is 0 Å². The van der Waals surface area contributed by atoms with Crippen LogP contribution in [0.2, 0.25) is 0 Å². The zero-order valence-electron chi connectivity index (χ0n) is 15.4. The lowest BCUT2D eigenvalue weighted by atomic mass is 9.72. The van der Waals surface area contributed by atoms with E-state index in [4.69, 9.17) is 4.65 Å². The van der Waals surface area contributed by atoms with Gasteiger partial charge in [0.1, 0.15) is 5.75 Å². The number of amides is 1. The molecule has 4 rings (SSSR count). The van der Waals surface area contributed by atoms with Gasteiger partial charge in [-0.25, -0.2) is 0 Å². The zero-order valence-corrected chi connectivity index (χ0v) is 15.4. The van der Waals surface area contributed by atoms with E-state index < -0.39 is 13.1 Å². The Hall–Kier alpha value is -2.64. The molecule has 2 aromatic rings. The maximum absolute atomic E-state index is 12.7. The first-order valence-corrected chi connectivity index (χ1v) is 9.01. The fourth-order valence-electron chi connectivity index (χ4n) is 3.78. The minimum atomic E-state index is -1.21. The number of ketones is 1. The standard InChI is InChI=1S/C20H21BN2O4/c1-12(24)17-5-3-4-13-9-18(21(26)27-19(13)17)22-20(25)14-6-7-15-10-23(2)11-16(15)8-14/h3-8,18,26H,9-11H2,1-2H3,(H,22,25)/t18-/m0/s1. The molecule has 7 heteroatoms. The van der Waals surface area contributed by atoms with E-state index in [1.807, 2.05) is 31.3 Å². The Morgan fingerprint density at radius 1 is 1.19 bits per heavy atom. The van der Waals surface area contributed by atoms with Crippen molar-refractivity contribution >= 4 is 18.8 Å². The van der Waals surface area contributed by atoms with Crippen molar-refractivity contribution in [2.45, 2.75) is 32.4 Å². The SMILES string of the molecule is CC(=O)c1cccc2c1OB(O)[C@@H](NC(=O)c1ccc3c(c1)CN(C)C3)C2. The third-order valence-electron chi connectivity index (χ3n) is 5.16. The number of Topliss-reactive ketones (excluding diaryl/α,β-unsaturated/α-hetero) is 1. The summed E-state index contributed by atoms with van der Waals surface area (Å²) in [5, 5.41) is 13.2. The molecule has 2 N–H and O–H groups in total. The maximum atomic E-state index is 12.7. The quantitative estimate of drug-likeness (QED) is 0.639. The van der Waals surface area contributed by atoms with Gasteiger partial charge in [0.15, 0.2) is 5.78 Å². The fourth-order valence-corrected chi connectivity index (χ4v) is 3.78. The Bertz CT molecular complexity index is 930. The highest BCUT2D eigenvalue weighted by Crippen LogP contribution is 2.30. The van der Waals surface area contributed by atoms with Gasteiger partial charge in [-0.15, -0.1) is 0 Å². The number of carbonyl (C=O) groups is 2. The van der Waals surface area contributed by atoms with Crippen LogP contribution in [0.3, 0.4) is 0 Å². The van der Waals surface area contributed by atoms with Crippen LogP contribution in [-0.4, -0.2) is 41.7 Å². The minimum absolute atomic E-state index is 0.121. The van der Waals surface area contributed by atoms with Gasteiger partial charge in [-0.05, 0) is 55.3 Å². The molecule has 0 saturated heterocycles. The molecule has 0 spiro atoms. The summed E-state index contributed by atoms with van der Waals surface area (Å²) in [6, 6.07) is 11.0. The minimum Gasteiger partial charge on any atom is -0.534 e. The molecule has 0 fully saturated rings. The molecule has 27 heavy (non-hydrogen) atoms. The lowest BCUT2D eigenvalue weighted by Gasteiger charge is -2.29. The van der Waals surface area contributed by atoms with E-state index in [-0.39, 0.29) is 11.7 Å². The predicted octanol–water partition coefficient (Wildman–Crippen LogP) is 1.59. The van der Waals surface area contributed by atoms with Crippen LogP contribution in [0, 0.1) is 0 Å². The van der Waals surface area contributed by atoms with Crippen molar-refractivity contribution in [2.75, 3.05) is 7.05 Å². The summed E-state index contributed by atoms with van der Waals surface area (Å²) in [6.45, 7) is 3.18. The zero-order chi connectivity index (χ0) is 19.1. The smallest absolute Gasteiger partial charge is 0.534 e. The molecule has 1 amide bonds. The Balaban J connectivity index is 1.52. The molecule has 6 nitrogen and oxygen atoms in total. The number of carbonyl (C=O) groups excluding carboxylic acids is 2. The third kappa shape index (κ3) is 3.36. The largest absolute Gasteiger partial charge is 0.547 e. The number of nitrogens with one attached hydrogen (secondary N) is 1. The summed E-state index contributed by atoms with van der Waals surface area (Å²) in [5.41, 5.74) is 4.20. The van der Waals surface area contributed by atoms with E-state index in [1.54, 1.807) is 12.1 Å². The van der Waals surface area contributed by atoms with Gasteiger partial charge in [0.2, 0.25) is 0 Å². The monoisotopic (exact) mass is 364 g/mol. The molecule has 2 aromatic carbocycles. The Labute approximate surface area is 158 Å². The van der Waals surface area contributed by atoms with Crippen molar-refractivity contribution in [1.29, 1.82) is 0 Å². The molecule has 0 bridgehead atoms. The average Bonchev–Trinajstić information content (AvgIpc) is 3.00. The van der Waals surface area contributed by atoms with Crippen molar-refractivity contribution in [2.24, 2.45) is 0 Å². The number of fused-ring (bicyclic) bond motifs is 2. The van der Waals surface area contributed by atoms with Gasteiger partial charge in [0.05, 0.1) is 11.5 Å². The average molecular weight is 364 g/mol. The van der Waals surface area contributed by atoms with E-state index in [9.17, 15) is 14.6 Å². The summed E-state index contributed by atoms with van der Waals surface area (Å²) >= 11 is 0. The van der Waals surface area contributed by atoms with Gasteiger partial charge < -0.3 is 15.0 Å². The van der Waals surface area contributed by atoms with Gasteiger partial charge in [0.25, 0.3) is 5.91 Å². The van der Waals surface area contributed by atoms with E-state index in [2.05, 4.69) is 10.2 Å². The van der Waals surface area contributed by atoms with Gasteiger partial charge in [0, 0.05) is 18.7 Å². The summed E-state index contributed by atoms with van der Waals surface area (Å²) in [7, 11) is 0.838. The molecule has 0 aliphatic carbocycles. The van der Waals surface area contributed by atoms with E-state index in [0.717, 1.165) is 24.2 Å². The van der Waals surface area contributed by atoms with Crippen LogP contribution in [0.25, 0.3) is 0 Å². The lowest BCUT2D eigenvalue weighted by molar-refractivity contribution is 0.0938. The number of rotatable bonds is 3. The Morgan fingerprint density at radius 3 is 2.74 bits per heavy atom. The van der Waals surface area contributed by atoms with Crippen LogP contribution in [0.5, 0.6) is 5.75 Å². The predicted molar refractivity (Wildman–Crippen MR) is 102 cm³/mol.